The molecule has 8 nitrogen and oxygen atoms in total. The van der Waals surface area contributed by atoms with Crippen molar-refractivity contribution in [2.75, 3.05) is 7.11 Å². The number of ether oxygens (including phenoxy) is 1. The SMILES string of the molecule is COC(=O)CC(=NS(=O)(=O)C(F)(F)F)NS(=O)(=O)C(F)(F)F. The summed E-state index contributed by atoms with van der Waals surface area (Å²) in [6.45, 7) is 0. The van der Waals surface area contributed by atoms with Gasteiger partial charge in [0.05, 0.1) is 7.11 Å². The van der Waals surface area contributed by atoms with Crippen LogP contribution in [0.2, 0.25) is 0 Å². The van der Waals surface area contributed by atoms with E-state index in [4.69, 9.17) is 0 Å². The first-order valence-corrected chi connectivity index (χ1v) is 7.52. The zero-order valence-electron chi connectivity index (χ0n) is 10.2. The molecule has 0 radical (unpaired) electrons. The van der Waals surface area contributed by atoms with Crippen molar-refractivity contribution < 1.29 is 52.7 Å². The van der Waals surface area contributed by atoms with E-state index in [1.165, 1.54) is 0 Å². The Morgan fingerprint density at radius 2 is 1.50 bits per heavy atom. The van der Waals surface area contributed by atoms with Crippen molar-refractivity contribution in [2.45, 2.75) is 17.4 Å². The third kappa shape index (κ3) is 5.32. The summed E-state index contributed by atoms with van der Waals surface area (Å²) in [6.07, 6.45) is -1.60. The Hall–Kier alpha value is -1.58. The van der Waals surface area contributed by atoms with Gasteiger partial charge in [0.1, 0.15) is 12.3 Å². The minimum atomic E-state index is -6.38. The second-order valence-electron chi connectivity index (χ2n) is 3.26. The van der Waals surface area contributed by atoms with Crippen LogP contribution in [0.1, 0.15) is 6.42 Å². The molecular weight excluding hydrogens is 374 g/mol. The molecule has 0 heterocycles. The van der Waals surface area contributed by atoms with E-state index in [9.17, 15) is 48.0 Å². The highest BCUT2D eigenvalue weighted by atomic mass is 32.2. The minimum absolute atomic E-state index is 0.444. The molecule has 0 aliphatic heterocycles. The smallest absolute Gasteiger partial charge is 0.469 e. The van der Waals surface area contributed by atoms with Crippen LogP contribution in [0.25, 0.3) is 0 Å². The van der Waals surface area contributed by atoms with Gasteiger partial charge in [-0.25, -0.2) is 0 Å². The van der Waals surface area contributed by atoms with Crippen LogP contribution in [0.4, 0.5) is 26.3 Å². The van der Waals surface area contributed by atoms with Gasteiger partial charge in [0.15, 0.2) is 0 Å². The standard InChI is InChI=1S/C6H6F6N2O6S2/c1-20-4(15)2-3(13-21(16,17)5(7,8)9)14-22(18,19)6(10,11)12/h2H2,1H3,(H,13,14). The summed E-state index contributed by atoms with van der Waals surface area (Å²) in [5, 5.41) is 0. The van der Waals surface area contributed by atoms with E-state index in [1.54, 1.807) is 0 Å². The normalized spacial score (nSPS) is 14.6. The molecule has 0 unspecified atom stereocenters. The van der Waals surface area contributed by atoms with Crippen LogP contribution in [-0.2, 0) is 29.6 Å². The number of hydrogen-bond acceptors (Lipinski definition) is 6. The Balaban J connectivity index is 5.86. The van der Waals surface area contributed by atoms with Gasteiger partial charge in [0.2, 0.25) is 0 Å². The fourth-order valence-electron chi connectivity index (χ4n) is 0.706. The first-order chi connectivity index (χ1) is 9.53. The molecule has 0 saturated heterocycles. The summed E-state index contributed by atoms with van der Waals surface area (Å²) in [6, 6.07) is 0. The Labute approximate surface area is 119 Å². The van der Waals surface area contributed by atoms with Gasteiger partial charge in [-0.3, -0.25) is 9.52 Å². The molecule has 0 spiro atoms. The van der Waals surface area contributed by atoms with Crippen LogP contribution < -0.4 is 4.72 Å². The van der Waals surface area contributed by atoms with Crippen LogP contribution in [0.3, 0.4) is 0 Å². The Morgan fingerprint density at radius 1 is 1.05 bits per heavy atom. The second kappa shape index (κ2) is 6.27. The molecule has 130 valence electrons. The molecule has 0 aromatic carbocycles. The van der Waals surface area contributed by atoms with Crippen LogP contribution in [0.15, 0.2) is 4.40 Å². The third-order valence-electron chi connectivity index (χ3n) is 1.62. The van der Waals surface area contributed by atoms with Crippen LogP contribution in [0.5, 0.6) is 0 Å². The Morgan fingerprint density at radius 3 is 1.82 bits per heavy atom. The molecule has 0 aromatic rings. The predicted molar refractivity (Wildman–Crippen MR) is 57.2 cm³/mol. The van der Waals surface area contributed by atoms with Gasteiger partial charge in [-0.05, 0) is 0 Å². The highest BCUT2D eigenvalue weighted by Crippen LogP contribution is 2.26. The molecule has 1 N–H and O–H groups in total. The van der Waals surface area contributed by atoms with Gasteiger partial charge >= 0.3 is 37.0 Å². The highest BCUT2D eigenvalue weighted by Gasteiger charge is 2.49. The van der Waals surface area contributed by atoms with Gasteiger partial charge in [0.25, 0.3) is 0 Å². The van der Waals surface area contributed by atoms with Crippen LogP contribution in [-0.4, -0.2) is 46.8 Å². The Kier molecular flexibility index (Phi) is 5.82. The fraction of sp³-hybridized carbons (Fsp3) is 0.667. The topological polar surface area (TPSA) is 119 Å². The third-order valence-corrected chi connectivity index (χ3v) is 3.78. The van der Waals surface area contributed by atoms with Crippen molar-refractivity contribution in [2.24, 2.45) is 4.40 Å². The molecule has 0 aromatic heterocycles. The fourth-order valence-corrected chi connectivity index (χ4v) is 1.81. The lowest BCUT2D eigenvalue weighted by Gasteiger charge is -2.12. The molecule has 0 aliphatic carbocycles. The number of halogens is 6. The number of alkyl halides is 6. The van der Waals surface area contributed by atoms with Crippen molar-refractivity contribution in [3.63, 3.8) is 0 Å². The number of nitrogens with one attached hydrogen (secondary N) is 1. The Bertz CT molecular complexity index is 661. The summed E-state index contributed by atoms with van der Waals surface area (Å²) >= 11 is 0. The maximum absolute atomic E-state index is 12.1. The summed E-state index contributed by atoms with van der Waals surface area (Å²) in [5.41, 5.74) is -12.0. The molecule has 0 saturated carbocycles. The molecule has 0 bridgehead atoms. The first-order valence-electron chi connectivity index (χ1n) is 4.59. The number of rotatable bonds is 4. The van der Waals surface area contributed by atoms with Crippen molar-refractivity contribution in [3.05, 3.63) is 0 Å². The molecule has 16 heteroatoms. The molecular formula is C6H6F6N2O6S2. The van der Waals surface area contributed by atoms with Gasteiger partial charge in [-0.15, -0.1) is 4.40 Å². The predicted octanol–water partition coefficient (Wildman–Crippen LogP) is 0.237. The van der Waals surface area contributed by atoms with Crippen LogP contribution >= 0.6 is 0 Å². The van der Waals surface area contributed by atoms with E-state index in [1.807, 2.05) is 4.40 Å². The van der Waals surface area contributed by atoms with Gasteiger partial charge in [-0.1, -0.05) is 0 Å². The molecule has 0 fully saturated rings. The first kappa shape index (κ1) is 20.4. The van der Waals surface area contributed by atoms with E-state index in [-0.39, 0.29) is 0 Å². The van der Waals surface area contributed by atoms with E-state index in [2.05, 4.69) is 4.74 Å². The lowest BCUT2D eigenvalue weighted by Crippen LogP contribution is -2.42. The van der Waals surface area contributed by atoms with Crippen LogP contribution in [0, 0.1) is 0 Å². The maximum Gasteiger partial charge on any atom is 0.518 e. The number of carbonyl (C=O) groups is 1. The number of methoxy groups -OCH3 is 1. The average molecular weight is 380 g/mol. The summed E-state index contributed by atoms with van der Waals surface area (Å²) in [5.74, 6) is -3.47. The molecule has 22 heavy (non-hydrogen) atoms. The zero-order chi connectivity index (χ0) is 18.0. The summed E-state index contributed by atoms with van der Waals surface area (Å²) < 4.78 is 121. The zero-order valence-corrected chi connectivity index (χ0v) is 11.8. The van der Waals surface area contributed by atoms with Crippen molar-refractivity contribution >= 4 is 31.9 Å². The number of hydrogen-bond donors (Lipinski definition) is 1. The summed E-state index contributed by atoms with van der Waals surface area (Å²) in [7, 11) is -12.0. The maximum atomic E-state index is 12.1. The average Bonchev–Trinajstić information content (AvgIpc) is 2.24. The van der Waals surface area contributed by atoms with Crippen molar-refractivity contribution in [3.8, 4) is 0 Å². The van der Waals surface area contributed by atoms with Gasteiger partial charge in [0, 0.05) is 0 Å². The lowest BCUT2D eigenvalue weighted by atomic mass is 10.4. The summed E-state index contributed by atoms with van der Waals surface area (Å²) in [4.78, 5) is 10.8. The monoisotopic (exact) mass is 380 g/mol. The molecule has 0 aliphatic rings. The number of carbonyl (C=O) groups excluding carboxylic acids is 1. The molecule has 0 atom stereocenters. The van der Waals surface area contributed by atoms with E-state index < -0.39 is 49.3 Å². The molecule has 0 rings (SSSR count). The second-order valence-corrected chi connectivity index (χ2v) is 6.53. The van der Waals surface area contributed by atoms with E-state index >= 15 is 0 Å². The van der Waals surface area contributed by atoms with E-state index in [0.717, 1.165) is 0 Å². The van der Waals surface area contributed by atoms with Gasteiger partial charge in [-0.2, -0.15) is 43.2 Å². The van der Waals surface area contributed by atoms with Gasteiger partial charge < -0.3 is 4.74 Å². The number of nitrogens with zero attached hydrogens (tertiary/aromatic N) is 1. The quantitative estimate of drug-likeness (QED) is 0.323. The minimum Gasteiger partial charge on any atom is -0.469 e. The number of sulfonamides is 2. The number of esters is 1. The number of amidine groups is 1. The van der Waals surface area contributed by atoms with Crippen molar-refractivity contribution in [1.82, 2.24) is 4.72 Å². The van der Waals surface area contributed by atoms with Crippen molar-refractivity contribution in [1.29, 1.82) is 0 Å². The molecule has 0 amide bonds. The highest BCUT2D eigenvalue weighted by molar-refractivity contribution is 7.92. The largest absolute Gasteiger partial charge is 0.518 e. The van der Waals surface area contributed by atoms with E-state index in [0.29, 0.717) is 11.8 Å². The lowest BCUT2D eigenvalue weighted by molar-refractivity contribution is -0.139.